The van der Waals surface area contributed by atoms with Crippen molar-refractivity contribution in [3.05, 3.63) is 48.6 Å². The first-order valence-electron chi connectivity index (χ1n) is 29.4. The molecule has 8 nitrogen and oxygen atoms in total. The highest BCUT2D eigenvalue weighted by molar-refractivity contribution is 7.47. The second-order valence-corrected chi connectivity index (χ2v) is 22.5. The Morgan fingerprint density at radius 2 is 0.841 bits per heavy atom. The van der Waals surface area contributed by atoms with Crippen molar-refractivity contribution in [3.8, 4) is 0 Å². The van der Waals surface area contributed by atoms with E-state index in [-0.39, 0.29) is 25.8 Å². The molecule has 0 aromatic heterocycles. The van der Waals surface area contributed by atoms with Crippen LogP contribution < -0.4 is 0 Å². The summed E-state index contributed by atoms with van der Waals surface area (Å²) in [5.74, 6) is -0.311. The molecule has 0 fully saturated rings. The second-order valence-electron chi connectivity index (χ2n) is 21.0. The van der Waals surface area contributed by atoms with E-state index in [0.717, 1.165) is 57.8 Å². The van der Waals surface area contributed by atoms with Gasteiger partial charge in [-0.3, -0.25) is 13.8 Å². The van der Waals surface area contributed by atoms with Crippen LogP contribution in [-0.2, 0) is 27.9 Å². The minimum absolute atomic E-state index is 0.0892. The average molecular weight is 994 g/mol. The maximum atomic E-state index is 12.8. The van der Waals surface area contributed by atoms with Gasteiger partial charge in [0.2, 0.25) is 0 Å². The number of unbranched alkanes of at least 4 members (excludes halogenated alkanes) is 33. The van der Waals surface area contributed by atoms with E-state index in [1.807, 2.05) is 21.1 Å². The molecule has 0 aromatic carbocycles. The molecule has 0 radical (unpaired) electrons. The number of phosphoric ester groups is 1. The highest BCUT2D eigenvalue weighted by Crippen LogP contribution is 2.43. The maximum Gasteiger partial charge on any atom is 0.472 e. The van der Waals surface area contributed by atoms with Crippen molar-refractivity contribution in [2.45, 2.75) is 277 Å². The van der Waals surface area contributed by atoms with Crippen molar-refractivity contribution in [3.63, 3.8) is 0 Å². The van der Waals surface area contributed by atoms with Gasteiger partial charge in [0.1, 0.15) is 19.3 Å². The molecular weight excluding hydrogens is 878 g/mol. The van der Waals surface area contributed by atoms with Crippen molar-refractivity contribution >= 4 is 13.8 Å². The monoisotopic (exact) mass is 993 g/mol. The lowest BCUT2D eigenvalue weighted by atomic mass is 10.0. The number of rotatable bonds is 55. The SMILES string of the molecule is CC/C=C\C/C=C\C/C=C\C/C=C\CCCCCCCCCCCCCCC(=O)OC(COCCCCCCCCCCCCCCCCCCCCCCCC)COP(=O)(O)OCC[N+](C)(C)C. The van der Waals surface area contributed by atoms with Gasteiger partial charge in [0.15, 0.2) is 0 Å². The number of ether oxygens (including phenoxy) is 2. The second kappa shape index (κ2) is 52.8. The standard InChI is InChI=1S/C60H114NO7P/c1-6-8-10-12-14-16-18-20-22-24-26-28-30-31-32-33-35-37-39-41-43-45-47-49-51-53-60(62)68-59(58-67-69(63,64)66-56-54-61(3,4)5)57-65-55-52-50-48-46-44-42-40-38-36-34-29-27-25-23-21-19-17-15-13-11-9-7-2/h8,10,14,16,20,22,26,28,59H,6-7,9,11-13,15,17-19,21,23-25,27,29-58H2,1-5H3/p+1/b10-8-,16-14-,22-20-,28-26-. The van der Waals surface area contributed by atoms with Gasteiger partial charge in [-0.05, 0) is 51.4 Å². The van der Waals surface area contributed by atoms with Crippen LogP contribution in [-0.4, -0.2) is 75.6 Å². The van der Waals surface area contributed by atoms with Gasteiger partial charge in [-0.15, -0.1) is 0 Å². The number of quaternary nitrogens is 1. The van der Waals surface area contributed by atoms with E-state index in [2.05, 4.69) is 62.5 Å². The smallest absolute Gasteiger partial charge is 0.457 e. The number of esters is 1. The Morgan fingerprint density at radius 3 is 1.26 bits per heavy atom. The first kappa shape index (κ1) is 67.5. The number of nitrogens with zero attached hydrogens (tertiary/aromatic N) is 1. The Hall–Kier alpha value is -1.54. The van der Waals surface area contributed by atoms with Crippen LogP contribution in [0.1, 0.15) is 271 Å². The summed E-state index contributed by atoms with van der Waals surface area (Å²) in [6, 6.07) is 0. The third-order valence-electron chi connectivity index (χ3n) is 12.9. The zero-order valence-electron chi connectivity index (χ0n) is 46.3. The summed E-state index contributed by atoms with van der Waals surface area (Å²) in [6.07, 6.45) is 67.5. The summed E-state index contributed by atoms with van der Waals surface area (Å²) >= 11 is 0. The van der Waals surface area contributed by atoms with Crippen LogP contribution in [0.25, 0.3) is 0 Å². The molecule has 0 aliphatic heterocycles. The fourth-order valence-electron chi connectivity index (χ4n) is 8.43. The van der Waals surface area contributed by atoms with Gasteiger partial charge in [-0.25, -0.2) is 4.57 Å². The van der Waals surface area contributed by atoms with Gasteiger partial charge in [0.05, 0.1) is 34.4 Å². The van der Waals surface area contributed by atoms with Crippen LogP contribution in [0.2, 0.25) is 0 Å². The van der Waals surface area contributed by atoms with Crippen molar-refractivity contribution in [2.24, 2.45) is 0 Å². The fourth-order valence-corrected chi connectivity index (χ4v) is 9.17. The Kier molecular flexibility index (Phi) is 51.6. The van der Waals surface area contributed by atoms with Gasteiger partial charge < -0.3 is 18.9 Å². The molecule has 0 aliphatic carbocycles. The Labute approximate surface area is 428 Å². The summed E-state index contributed by atoms with van der Waals surface area (Å²) < 4.78 is 35.3. The third-order valence-corrected chi connectivity index (χ3v) is 13.9. The van der Waals surface area contributed by atoms with Crippen LogP contribution in [0, 0.1) is 0 Å². The molecule has 0 saturated carbocycles. The Balaban J connectivity index is 4.04. The van der Waals surface area contributed by atoms with Gasteiger partial charge in [0.25, 0.3) is 0 Å². The number of carbonyl (C=O) groups excluding carboxylic acids is 1. The molecule has 0 aromatic rings. The molecule has 0 saturated heterocycles. The molecule has 0 heterocycles. The molecule has 9 heteroatoms. The van der Waals surface area contributed by atoms with Crippen LogP contribution in [0.3, 0.4) is 0 Å². The van der Waals surface area contributed by atoms with E-state index < -0.39 is 13.9 Å². The first-order chi connectivity index (χ1) is 33.6. The van der Waals surface area contributed by atoms with Gasteiger partial charge in [-0.2, -0.15) is 0 Å². The maximum absolute atomic E-state index is 12.8. The lowest BCUT2D eigenvalue weighted by Gasteiger charge is -2.24. The number of hydrogen-bond acceptors (Lipinski definition) is 6. The van der Waals surface area contributed by atoms with E-state index >= 15 is 0 Å². The molecule has 0 rings (SSSR count). The Morgan fingerprint density at radius 1 is 0.464 bits per heavy atom. The van der Waals surface area contributed by atoms with Gasteiger partial charge in [-0.1, -0.05) is 262 Å². The lowest BCUT2D eigenvalue weighted by molar-refractivity contribution is -0.870. The van der Waals surface area contributed by atoms with Crippen molar-refractivity contribution in [1.82, 2.24) is 0 Å². The summed E-state index contributed by atoms with van der Waals surface area (Å²) in [6.45, 7) is 5.57. The van der Waals surface area contributed by atoms with Crippen LogP contribution in [0.15, 0.2) is 48.6 Å². The summed E-state index contributed by atoms with van der Waals surface area (Å²) in [7, 11) is 1.68. The summed E-state index contributed by atoms with van der Waals surface area (Å²) in [4.78, 5) is 23.1. The molecule has 2 unspecified atom stereocenters. The van der Waals surface area contributed by atoms with E-state index in [9.17, 15) is 14.3 Å². The Bertz CT molecular complexity index is 1240. The predicted molar refractivity (Wildman–Crippen MR) is 298 cm³/mol. The predicted octanol–water partition coefficient (Wildman–Crippen LogP) is 18.6. The molecule has 1 N–H and O–H groups in total. The summed E-state index contributed by atoms with van der Waals surface area (Å²) in [5.41, 5.74) is 0. The number of hydrogen-bond donors (Lipinski definition) is 1. The van der Waals surface area contributed by atoms with E-state index in [4.69, 9.17) is 18.5 Å². The van der Waals surface area contributed by atoms with Crippen molar-refractivity contribution < 1.29 is 37.3 Å². The highest BCUT2D eigenvalue weighted by atomic mass is 31.2. The number of likely N-dealkylation sites (N-methyl/N-ethyl adjacent to an activating group) is 1. The van der Waals surface area contributed by atoms with Crippen LogP contribution >= 0.6 is 7.82 Å². The van der Waals surface area contributed by atoms with E-state index in [0.29, 0.717) is 24.1 Å². The molecule has 69 heavy (non-hydrogen) atoms. The fraction of sp³-hybridized carbons (Fsp3) is 0.850. The quantitative estimate of drug-likeness (QED) is 0.0213. The minimum atomic E-state index is -4.28. The summed E-state index contributed by atoms with van der Waals surface area (Å²) in [5, 5.41) is 0. The topological polar surface area (TPSA) is 91.3 Å². The first-order valence-corrected chi connectivity index (χ1v) is 30.9. The molecule has 0 bridgehead atoms. The molecule has 2 atom stereocenters. The molecule has 0 amide bonds. The number of allylic oxidation sites excluding steroid dienone is 8. The number of carbonyl (C=O) groups is 1. The van der Waals surface area contributed by atoms with E-state index in [1.54, 1.807) is 0 Å². The van der Waals surface area contributed by atoms with Crippen molar-refractivity contribution in [1.29, 1.82) is 0 Å². The van der Waals surface area contributed by atoms with Crippen molar-refractivity contribution in [2.75, 3.05) is 54.1 Å². The molecule has 406 valence electrons. The number of phosphoric acid groups is 1. The van der Waals surface area contributed by atoms with Gasteiger partial charge in [0, 0.05) is 13.0 Å². The lowest BCUT2D eigenvalue weighted by Crippen LogP contribution is -2.37. The van der Waals surface area contributed by atoms with Crippen LogP contribution in [0.4, 0.5) is 0 Å². The molecular formula is C60H115NO7P+. The third kappa shape index (κ3) is 57.2. The molecule has 0 spiro atoms. The largest absolute Gasteiger partial charge is 0.472 e. The zero-order chi connectivity index (χ0) is 50.5. The zero-order valence-corrected chi connectivity index (χ0v) is 47.2. The normalized spacial score (nSPS) is 13.8. The molecule has 0 aliphatic rings. The van der Waals surface area contributed by atoms with Crippen LogP contribution in [0.5, 0.6) is 0 Å². The highest BCUT2D eigenvalue weighted by Gasteiger charge is 2.26. The van der Waals surface area contributed by atoms with E-state index in [1.165, 1.54) is 193 Å². The minimum Gasteiger partial charge on any atom is -0.457 e. The average Bonchev–Trinajstić information content (AvgIpc) is 3.31. The van der Waals surface area contributed by atoms with Gasteiger partial charge >= 0.3 is 13.8 Å².